The number of pyridine rings is 1. The van der Waals surface area contributed by atoms with Crippen molar-refractivity contribution in [1.82, 2.24) is 4.98 Å². The molecule has 5 heteroatoms. The number of fused-ring (bicyclic) bond motifs is 1. The molecule has 0 atom stereocenters. The largest absolute Gasteiger partial charge is 0.435 e. The van der Waals surface area contributed by atoms with Gasteiger partial charge in [0, 0.05) is 16.1 Å². The van der Waals surface area contributed by atoms with Gasteiger partial charge in [0.1, 0.15) is 0 Å². The molecule has 0 saturated carbocycles. The first-order chi connectivity index (χ1) is 9.65. The molecule has 0 bridgehead atoms. The normalized spacial score (nSPS) is 10.8. The smallest absolute Gasteiger partial charge is 0.227 e. The van der Waals surface area contributed by atoms with Crippen LogP contribution in [-0.4, -0.2) is 4.98 Å². The van der Waals surface area contributed by atoms with Crippen molar-refractivity contribution < 1.29 is 13.5 Å². The predicted molar refractivity (Wildman–Crippen MR) is 75.9 cm³/mol. The standard InChI is InChI=1S/C15H8BrF2NO/c16-10-7-12(17)14(18)13(8-10)20-15-11-4-2-1-3-9(11)5-6-19-15/h1-8H. The Hall–Kier alpha value is -2.01. The topological polar surface area (TPSA) is 22.1 Å². The van der Waals surface area contributed by atoms with Gasteiger partial charge in [-0.1, -0.05) is 34.1 Å². The zero-order valence-electron chi connectivity index (χ0n) is 10.1. The van der Waals surface area contributed by atoms with E-state index in [0.29, 0.717) is 4.47 Å². The van der Waals surface area contributed by atoms with Crippen LogP contribution in [0.15, 0.2) is 53.1 Å². The minimum atomic E-state index is -1.04. The first-order valence-corrected chi connectivity index (χ1v) is 6.60. The van der Waals surface area contributed by atoms with Crippen molar-refractivity contribution in [2.24, 2.45) is 0 Å². The van der Waals surface area contributed by atoms with Crippen LogP contribution in [-0.2, 0) is 0 Å². The summed E-state index contributed by atoms with van der Waals surface area (Å²) in [5.74, 6) is -1.99. The van der Waals surface area contributed by atoms with Gasteiger partial charge in [-0.25, -0.2) is 9.37 Å². The Morgan fingerprint density at radius 1 is 1.05 bits per heavy atom. The van der Waals surface area contributed by atoms with Gasteiger partial charge in [0.2, 0.25) is 11.7 Å². The van der Waals surface area contributed by atoms with Gasteiger partial charge in [0.05, 0.1) is 0 Å². The molecule has 2 aromatic carbocycles. The summed E-state index contributed by atoms with van der Waals surface area (Å²) in [5.41, 5.74) is 0. The summed E-state index contributed by atoms with van der Waals surface area (Å²) in [7, 11) is 0. The predicted octanol–water partition coefficient (Wildman–Crippen LogP) is 5.07. The lowest BCUT2D eigenvalue weighted by atomic mass is 10.2. The van der Waals surface area contributed by atoms with E-state index in [1.165, 1.54) is 6.07 Å². The maximum Gasteiger partial charge on any atom is 0.227 e. The highest BCUT2D eigenvalue weighted by Crippen LogP contribution is 2.32. The van der Waals surface area contributed by atoms with E-state index in [1.807, 2.05) is 30.3 Å². The molecule has 3 rings (SSSR count). The lowest BCUT2D eigenvalue weighted by molar-refractivity contribution is 0.408. The molecule has 0 fully saturated rings. The van der Waals surface area contributed by atoms with Crippen LogP contribution in [0.5, 0.6) is 11.6 Å². The van der Waals surface area contributed by atoms with E-state index in [4.69, 9.17) is 4.74 Å². The zero-order chi connectivity index (χ0) is 14.1. The van der Waals surface area contributed by atoms with Gasteiger partial charge in [-0.05, 0) is 29.7 Å². The fourth-order valence-electron chi connectivity index (χ4n) is 1.88. The molecule has 0 spiro atoms. The van der Waals surface area contributed by atoms with Crippen LogP contribution in [0.3, 0.4) is 0 Å². The second-order valence-electron chi connectivity index (χ2n) is 4.14. The van der Waals surface area contributed by atoms with Gasteiger partial charge in [-0.3, -0.25) is 0 Å². The Labute approximate surface area is 122 Å². The molecular weight excluding hydrogens is 328 g/mol. The minimum Gasteiger partial charge on any atom is -0.435 e. The van der Waals surface area contributed by atoms with Crippen LogP contribution in [0.2, 0.25) is 0 Å². The van der Waals surface area contributed by atoms with Gasteiger partial charge < -0.3 is 4.74 Å². The van der Waals surface area contributed by atoms with E-state index in [9.17, 15) is 8.78 Å². The van der Waals surface area contributed by atoms with Crippen molar-refractivity contribution in [1.29, 1.82) is 0 Å². The summed E-state index contributed by atoms with van der Waals surface area (Å²) in [5, 5.41) is 1.64. The first kappa shape index (κ1) is 13.0. The fourth-order valence-corrected chi connectivity index (χ4v) is 2.29. The molecule has 1 aromatic heterocycles. The number of rotatable bonds is 2. The molecule has 0 radical (unpaired) electrons. The van der Waals surface area contributed by atoms with Crippen molar-refractivity contribution in [3.63, 3.8) is 0 Å². The Balaban J connectivity index is 2.10. The van der Waals surface area contributed by atoms with Crippen LogP contribution in [0, 0.1) is 11.6 Å². The summed E-state index contributed by atoms with van der Waals surface area (Å²) in [6.45, 7) is 0. The Kier molecular flexibility index (Phi) is 3.36. The maximum atomic E-state index is 13.7. The van der Waals surface area contributed by atoms with Crippen molar-refractivity contribution in [2.75, 3.05) is 0 Å². The summed E-state index contributed by atoms with van der Waals surface area (Å²) < 4.78 is 32.9. The number of hydrogen-bond donors (Lipinski definition) is 0. The number of halogens is 3. The monoisotopic (exact) mass is 335 g/mol. The lowest BCUT2D eigenvalue weighted by Crippen LogP contribution is -1.94. The molecule has 0 aliphatic carbocycles. The molecule has 2 nitrogen and oxygen atoms in total. The average molecular weight is 336 g/mol. The van der Waals surface area contributed by atoms with Crippen LogP contribution in [0.25, 0.3) is 10.8 Å². The van der Waals surface area contributed by atoms with Crippen LogP contribution in [0.4, 0.5) is 8.78 Å². The third-order valence-electron chi connectivity index (χ3n) is 2.80. The van der Waals surface area contributed by atoms with Crippen LogP contribution in [0.1, 0.15) is 0 Å². The quantitative estimate of drug-likeness (QED) is 0.610. The number of nitrogens with zero attached hydrogens (tertiary/aromatic N) is 1. The second-order valence-corrected chi connectivity index (χ2v) is 5.05. The highest BCUT2D eigenvalue weighted by atomic mass is 79.9. The zero-order valence-corrected chi connectivity index (χ0v) is 11.7. The molecule has 0 aliphatic rings. The third kappa shape index (κ3) is 2.36. The van der Waals surface area contributed by atoms with Crippen molar-refractivity contribution in [3.05, 3.63) is 64.8 Å². The summed E-state index contributed by atoms with van der Waals surface area (Å²) in [4.78, 5) is 4.08. The second kappa shape index (κ2) is 5.17. The Morgan fingerprint density at radius 2 is 1.85 bits per heavy atom. The molecule has 0 aliphatic heterocycles. The third-order valence-corrected chi connectivity index (χ3v) is 3.26. The molecule has 0 unspecified atom stereocenters. The molecule has 0 N–H and O–H groups in total. The van der Waals surface area contributed by atoms with E-state index in [1.54, 1.807) is 6.20 Å². The van der Waals surface area contributed by atoms with Gasteiger partial charge >= 0.3 is 0 Å². The Morgan fingerprint density at radius 3 is 2.70 bits per heavy atom. The van der Waals surface area contributed by atoms with Gasteiger partial charge in [0.15, 0.2) is 11.6 Å². The summed E-state index contributed by atoms with van der Waals surface area (Å²) in [6, 6.07) is 11.6. The van der Waals surface area contributed by atoms with E-state index in [2.05, 4.69) is 20.9 Å². The van der Waals surface area contributed by atoms with Gasteiger partial charge in [0.25, 0.3) is 0 Å². The first-order valence-electron chi connectivity index (χ1n) is 5.81. The van der Waals surface area contributed by atoms with Crippen molar-refractivity contribution >= 4 is 26.7 Å². The number of benzene rings is 2. The van der Waals surface area contributed by atoms with E-state index in [-0.39, 0.29) is 11.6 Å². The van der Waals surface area contributed by atoms with Gasteiger partial charge in [-0.2, -0.15) is 4.39 Å². The van der Waals surface area contributed by atoms with E-state index >= 15 is 0 Å². The highest BCUT2D eigenvalue weighted by molar-refractivity contribution is 9.10. The van der Waals surface area contributed by atoms with Crippen molar-refractivity contribution in [3.8, 4) is 11.6 Å². The SMILES string of the molecule is Fc1cc(Br)cc(Oc2nccc3ccccc23)c1F. The Bertz CT molecular complexity index is 787. The van der Waals surface area contributed by atoms with E-state index < -0.39 is 11.6 Å². The average Bonchev–Trinajstić information content (AvgIpc) is 2.44. The molecule has 20 heavy (non-hydrogen) atoms. The van der Waals surface area contributed by atoms with Crippen LogP contribution >= 0.6 is 15.9 Å². The molecular formula is C15H8BrF2NO. The molecule has 0 saturated heterocycles. The molecule has 3 aromatic rings. The summed E-state index contributed by atoms with van der Waals surface area (Å²) >= 11 is 3.10. The van der Waals surface area contributed by atoms with E-state index in [0.717, 1.165) is 16.8 Å². The molecule has 0 amide bonds. The summed E-state index contributed by atoms with van der Waals surface area (Å²) in [6.07, 6.45) is 1.56. The highest BCUT2D eigenvalue weighted by Gasteiger charge is 2.14. The molecule has 100 valence electrons. The lowest BCUT2D eigenvalue weighted by Gasteiger charge is -2.09. The maximum absolute atomic E-state index is 13.7. The number of ether oxygens (including phenoxy) is 1. The van der Waals surface area contributed by atoms with Gasteiger partial charge in [-0.15, -0.1) is 0 Å². The number of hydrogen-bond acceptors (Lipinski definition) is 2. The number of aromatic nitrogens is 1. The minimum absolute atomic E-state index is 0.208. The van der Waals surface area contributed by atoms with Crippen LogP contribution < -0.4 is 4.74 Å². The van der Waals surface area contributed by atoms with Crippen molar-refractivity contribution in [2.45, 2.75) is 0 Å². The fraction of sp³-hybridized carbons (Fsp3) is 0. The molecule has 1 heterocycles.